The number of aromatic nitrogens is 1. The molecule has 1 aliphatic heterocycles. The third-order valence-corrected chi connectivity index (χ3v) is 3.57. The molecule has 2 N–H and O–H groups in total. The lowest BCUT2D eigenvalue weighted by atomic mass is 9.92. The lowest BCUT2D eigenvalue weighted by Crippen LogP contribution is -2.44. The molecule has 2 rings (SSSR count). The molecule has 2 heterocycles. The molecule has 0 unspecified atom stereocenters. The number of nitrogens with one attached hydrogen (secondary N) is 1. The first-order chi connectivity index (χ1) is 9.65. The van der Waals surface area contributed by atoms with Crippen LogP contribution in [0.3, 0.4) is 0 Å². The van der Waals surface area contributed by atoms with Crippen molar-refractivity contribution in [2.24, 2.45) is 5.92 Å². The molecule has 1 saturated heterocycles. The molecule has 1 aromatic rings. The van der Waals surface area contributed by atoms with Crippen molar-refractivity contribution in [3.05, 3.63) is 18.0 Å². The van der Waals surface area contributed by atoms with Crippen LogP contribution in [0.25, 0.3) is 0 Å². The largest absolute Gasteiger partial charge is 0.481 e. The number of piperidine rings is 1. The van der Waals surface area contributed by atoms with E-state index in [0.717, 1.165) is 12.8 Å². The summed E-state index contributed by atoms with van der Waals surface area (Å²) < 4.78 is 4.90. The SMILES string of the molecule is O=C(O)CCC1CCN(C(=O)NCc2ccno2)CC1. The highest BCUT2D eigenvalue weighted by Gasteiger charge is 2.23. The molecule has 20 heavy (non-hydrogen) atoms. The summed E-state index contributed by atoms with van der Waals surface area (Å²) in [5.41, 5.74) is 0. The minimum absolute atomic E-state index is 0.113. The first-order valence-corrected chi connectivity index (χ1v) is 6.79. The summed E-state index contributed by atoms with van der Waals surface area (Å²) in [4.78, 5) is 24.2. The minimum atomic E-state index is -0.753. The molecule has 0 saturated carbocycles. The van der Waals surface area contributed by atoms with E-state index in [1.807, 2.05) is 0 Å². The van der Waals surface area contributed by atoms with Gasteiger partial charge in [0.1, 0.15) is 0 Å². The van der Waals surface area contributed by atoms with E-state index < -0.39 is 5.97 Å². The summed E-state index contributed by atoms with van der Waals surface area (Å²) in [6.45, 7) is 1.68. The number of aliphatic carboxylic acids is 1. The number of carbonyl (C=O) groups excluding carboxylic acids is 1. The molecule has 7 heteroatoms. The molecular weight excluding hydrogens is 262 g/mol. The first kappa shape index (κ1) is 14.4. The molecule has 1 aromatic heterocycles. The zero-order chi connectivity index (χ0) is 14.4. The van der Waals surface area contributed by atoms with Gasteiger partial charge in [-0.3, -0.25) is 4.79 Å². The molecule has 110 valence electrons. The lowest BCUT2D eigenvalue weighted by Gasteiger charge is -2.31. The van der Waals surface area contributed by atoms with E-state index in [1.54, 1.807) is 11.0 Å². The molecule has 7 nitrogen and oxygen atoms in total. The summed E-state index contributed by atoms with van der Waals surface area (Å²) >= 11 is 0. The predicted molar refractivity (Wildman–Crippen MR) is 69.9 cm³/mol. The second-order valence-corrected chi connectivity index (χ2v) is 5.00. The Bertz CT molecular complexity index is 438. The van der Waals surface area contributed by atoms with Crippen molar-refractivity contribution >= 4 is 12.0 Å². The van der Waals surface area contributed by atoms with Crippen molar-refractivity contribution in [3.8, 4) is 0 Å². The Balaban J connectivity index is 1.67. The van der Waals surface area contributed by atoms with Gasteiger partial charge in [0, 0.05) is 25.6 Å². The van der Waals surface area contributed by atoms with Crippen LogP contribution < -0.4 is 5.32 Å². The van der Waals surface area contributed by atoms with E-state index >= 15 is 0 Å². The zero-order valence-electron chi connectivity index (χ0n) is 11.2. The molecular formula is C13H19N3O4. The highest BCUT2D eigenvalue weighted by molar-refractivity contribution is 5.74. The van der Waals surface area contributed by atoms with Crippen LogP contribution in [0, 0.1) is 5.92 Å². The number of rotatable bonds is 5. The first-order valence-electron chi connectivity index (χ1n) is 6.79. The average Bonchev–Trinajstić information content (AvgIpc) is 2.96. The Labute approximate surface area is 116 Å². The van der Waals surface area contributed by atoms with E-state index in [-0.39, 0.29) is 12.5 Å². The number of urea groups is 1. The molecule has 1 fully saturated rings. The molecule has 0 aromatic carbocycles. The van der Waals surface area contributed by atoms with Crippen LogP contribution in [0.15, 0.2) is 16.8 Å². The van der Waals surface area contributed by atoms with Crippen LogP contribution in [-0.4, -0.2) is 40.3 Å². The normalized spacial score (nSPS) is 16.1. The monoisotopic (exact) mass is 281 g/mol. The van der Waals surface area contributed by atoms with E-state index in [4.69, 9.17) is 9.63 Å². The van der Waals surface area contributed by atoms with Crippen LogP contribution in [-0.2, 0) is 11.3 Å². The Hall–Kier alpha value is -2.05. The number of likely N-dealkylation sites (tertiary alicyclic amines) is 1. The number of carboxylic acids is 1. The van der Waals surface area contributed by atoms with E-state index in [9.17, 15) is 9.59 Å². The van der Waals surface area contributed by atoms with Gasteiger partial charge in [-0.1, -0.05) is 5.16 Å². The number of amides is 2. The van der Waals surface area contributed by atoms with Crippen molar-refractivity contribution in [2.75, 3.05) is 13.1 Å². The van der Waals surface area contributed by atoms with Gasteiger partial charge in [-0.05, 0) is 25.2 Å². The number of nitrogens with zero attached hydrogens (tertiary/aromatic N) is 2. The standard InChI is InChI=1S/C13H19N3O4/c17-12(18)2-1-10-4-7-16(8-5-10)13(19)14-9-11-3-6-15-20-11/h3,6,10H,1-2,4-5,7-9H2,(H,14,19)(H,17,18). The molecule has 0 atom stereocenters. The number of carboxylic acid groups (broad SMARTS) is 1. The quantitative estimate of drug-likeness (QED) is 0.851. The Morgan fingerprint density at radius 1 is 1.45 bits per heavy atom. The van der Waals surface area contributed by atoms with Crippen LogP contribution in [0.2, 0.25) is 0 Å². The molecule has 1 aliphatic rings. The van der Waals surface area contributed by atoms with Gasteiger partial charge in [0.2, 0.25) is 0 Å². The topological polar surface area (TPSA) is 95.7 Å². The fourth-order valence-corrected chi connectivity index (χ4v) is 2.36. The molecule has 0 bridgehead atoms. The van der Waals surface area contributed by atoms with Gasteiger partial charge in [-0.2, -0.15) is 0 Å². The van der Waals surface area contributed by atoms with Gasteiger partial charge in [0.25, 0.3) is 0 Å². The summed E-state index contributed by atoms with van der Waals surface area (Å²) in [7, 11) is 0. The second-order valence-electron chi connectivity index (χ2n) is 5.00. The number of hydrogen-bond acceptors (Lipinski definition) is 4. The lowest BCUT2D eigenvalue weighted by molar-refractivity contribution is -0.137. The maximum absolute atomic E-state index is 11.9. The summed E-state index contributed by atoms with van der Waals surface area (Å²) in [6, 6.07) is 1.59. The van der Waals surface area contributed by atoms with E-state index in [1.165, 1.54) is 6.20 Å². The van der Waals surface area contributed by atoms with Crippen molar-refractivity contribution in [3.63, 3.8) is 0 Å². The third-order valence-electron chi connectivity index (χ3n) is 3.57. The molecule has 2 amide bonds. The van der Waals surface area contributed by atoms with E-state index in [0.29, 0.717) is 37.7 Å². The Kier molecular flexibility index (Phi) is 4.97. The summed E-state index contributed by atoms with van der Waals surface area (Å²) in [6.07, 6.45) is 4.17. The van der Waals surface area contributed by atoms with Gasteiger partial charge in [-0.15, -0.1) is 0 Å². The van der Waals surface area contributed by atoms with E-state index in [2.05, 4.69) is 10.5 Å². The number of carbonyl (C=O) groups is 2. The summed E-state index contributed by atoms with van der Waals surface area (Å²) in [5, 5.41) is 15.0. The van der Waals surface area contributed by atoms with Crippen LogP contribution in [0.4, 0.5) is 4.79 Å². The number of hydrogen-bond donors (Lipinski definition) is 2. The van der Waals surface area contributed by atoms with Crippen LogP contribution in [0.1, 0.15) is 31.4 Å². The molecule has 0 spiro atoms. The predicted octanol–water partition coefficient (Wildman–Crippen LogP) is 1.46. The van der Waals surface area contributed by atoms with Gasteiger partial charge in [0.15, 0.2) is 5.76 Å². The third kappa shape index (κ3) is 4.25. The minimum Gasteiger partial charge on any atom is -0.481 e. The second kappa shape index (κ2) is 6.93. The van der Waals surface area contributed by atoms with Crippen LogP contribution >= 0.6 is 0 Å². The van der Waals surface area contributed by atoms with Gasteiger partial charge < -0.3 is 19.8 Å². The van der Waals surface area contributed by atoms with Crippen LogP contribution in [0.5, 0.6) is 0 Å². The molecule has 0 aliphatic carbocycles. The van der Waals surface area contributed by atoms with Crippen molar-refractivity contribution < 1.29 is 19.2 Å². The van der Waals surface area contributed by atoms with Crippen molar-refractivity contribution in [2.45, 2.75) is 32.2 Å². The van der Waals surface area contributed by atoms with Gasteiger partial charge >= 0.3 is 12.0 Å². The Morgan fingerprint density at radius 3 is 2.80 bits per heavy atom. The average molecular weight is 281 g/mol. The Morgan fingerprint density at radius 2 is 2.20 bits per heavy atom. The van der Waals surface area contributed by atoms with Crippen molar-refractivity contribution in [1.29, 1.82) is 0 Å². The van der Waals surface area contributed by atoms with Gasteiger partial charge in [0.05, 0.1) is 12.7 Å². The highest BCUT2D eigenvalue weighted by atomic mass is 16.5. The smallest absolute Gasteiger partial charge is 0.317 e. The fraction of sp³-hybridized carbons (Fsp3) is 0.615. The maximum atomic E-state index is 11.9. The van der Waals surface area contributed by atoms with Crippen molar-refractivity contribution in [1.82, 2.24) is 15.4 Å². The fourth-order valence-electron chi connectivity index (χ4n) is 2.36. The summed E-state index contributed by atoms with van der Waals surface area (Å²) in [5.74, 6) is 0.274. The highest BCUT2D eigenvalue weighted by Crippen LogP contribution is 2.21. The zero-order valence-corrected chi connectivity index (χ0v) is 11.2. The molecule has 0 radical (unpaired) electrons. The van der Waals surface area contributed by atoms with Gasteiger partial charge in [-0.25, -0.2) is 4.79 Å². The maximum Gasteiger partial charge on any atom is 0.317 e.